The summed E-state index contributed by atoms with van der Waals surface area (Å²) < 4.78 is 9.95. The Bertz CT molecular complexity index is 949. The molecule has 0 amide bonds. The van der Waals surface area contributed by atoms with Gasteiger partial charge in [0.2, 0.25) is 0 Å². The van der Waals surface area contributed by atoms with E-state index < -0.39 is 4.92 Å². The Morgan fingerprint density at radius 1 is 0.967 bits per heavy atom. The van der Waals surface area contributed by atoms with Gasteiger partial charge in [-0.15, -0.1) is 0 Å². The van der Waals surface area contributed by atoms with Crippen molar-refractivity contribution in [2.75, 3.05) is 20.0 Å². The normalized spacial score (nSPS) is 8.73. The molecule has 0 spiro atoms. The maximum absolute atomic E-state index is 10.7. The number of methoxy groups -OCH3 is 2. The molecule has 0 aliphatic heterocycles. The fraction of sp³-hybridized carbons (Fsp3) is 0.286. The van der Waals surface area contributed by atoms with Crippen LogP contribution in [0.5, 0.6) is 11.5 Å². The Kier molecular flexibility index (Phi) is 13.5. The second kappa shape index (κ2) is 14.0. The first-order valence-corrected chi connectivity index (χ1v) is 8.27. The number of nitriles is 2. The third-order valence-electron chi connectivity index (χ3n) is 4.06. The molecule has 0 unspecified atom stereocenters. The van der Waals surface area contributed by atoms with Crippen molar-refractivity contribution in [1.29, 1.82) is 10.5 Å². The van der Waals surface area contributed by atoms with E-state index in [1.165, 1.54) is 19.2 Å². The van der Waals surface area contributed by atoms with E-state index in [0.29, 0.717) is 17.9 Å². The Hall–Kier alpha value is -3.12. The molecule has 0 atom stereocenters. The minimum Gasteiger partial charge on any atom is -0.495 e. The van der Waals surface area contributed by atoms with E-state index in [0.717, 1.165) is 22.3 Å². The summed E-state index contributed by atoms with van der Waals surface area (Å²) >= 11 is 0. The number of nitrogens with two attached hydrogens (primary N) is 1. The van der Waals surface area contributed by atoms with Gasteiger partial charge < -0.3 is 22.6 Å². The zero-order chi connectivity index (χ0) is 21.3. The zero-order valence-corrected chi connectivity index (χ0v) is 19.1. The molecule has 0 bridgehead atoms. The zero-order valence-electron chi connectivity index (χ0n) is 17.6. The van der Waals surface area contributed by atoms with E-state index in [-0.39, 0.29) is 45.7 Å². The van der Waals surface area contributed by atoms with Crippen LogP contribution in [0, 0.1) is 54.1 Å². The molecule has 2 rings (SSSR count). The number of nitro benzene ring substituents is 1. The first-order chi connectivity index (χ1) is 13.3. The van der Waals surface area contributed by atoms with Crippen molar-refractivity contribution in [2.45, 2.75) is 26.7 Å². The monoisotopic (exact) mass is 503 g/mol. The van der Waals surface area contributed by atoms with E-state index in [9.17, 15) is 10.1 Å². The number of aryl methyl sites for hydroxylation is 2. The predicted molar refractivity (Wildman–Crippen MR) is 112 cm³/mol. The van der Waals surface area contributed by atoms with Crippen LogP contribution in [-0.2, 0) is 33.3 Å². The molecule has 0 fully saturated rings. The van der Waals surface area contributed by atoms with Crippen LogP contribution in [-0.4, -0.2) is 19.1 Å². The van der Waals surface area contributed by atoms with Gasteiger partial charge in [0, 0.05) is 26.5 Å². The van der Waals surface area contributed by atoms with E-state index in [1.807, 2.05) is 25.1 Å². The molecule has 0 saturated heterocycles. The molecule has 0 radical (unpaired) electrons. The molecule has 8 nitrogen and oxygen atoms in total. The van der Waals surface area contributed by atoms with Gasteiger partial charge in [-0.25, -0.2) is 0 Å². The summed E-state index contributed by atoms with van der Waals surface area (Å²) in [5, 5.41) is 27.8. The smallest absolute Gasteiger partial charge is 0.311 e. The molecule has 0 saturated carbocycles. The Morgan fingerprint density at radius 3 is 1.80 bits per heavy atom. The van der Waals surface area contributed by atoms with Crippen molar-refractivity contribution in [2.24, 2.45) is 0 Å². The minimum absolute atomic E-state index is 0. The van der Waals surface area contributed by atoms with Crippen molar-refractivity contribution in [3.8, 4) is 23.6 Å². The van der Waals surface area contributed by atoms with E-state index in [2.05, 4.69) is 6.07 Å². The van der Waals surface area contributed by atoms with Crippen molar-refractivity contribution in [1.82, 2.24) is 0 Å². The molecule has 0 aromatic heterocycles. The van der Waals surface area contributed by atoms with Crippen molar-refractivity contribution in [3.05, 3.63) is 64.1 Å². The third kappa shape index (κ3) is 7.72. The van der Waals surface area contributed by atoms with Crippen LogP contribution in [0.1, 0.15) is 22.3 Å². The maximum Gasteiger partial charge on any atom is 0.311 e. The van der Waals surface area contributed by atoms with Gasteiger partial charge in [-0.1, -0.05) is 0 Å². The van der Waals surface area contributed by atoms with Crippen molar-refractivity contribution < 1.29 is 34.8 Å². The van der Waals surface area contributed by atoms with Crippen LogP contribution < -0.4 is 15.2 Å². The van der Waals surface area contributed by atoms with Gasteiger partial charge in [0.1, 0.15) is 5.75 Å². The number of nitrogen functional groups attached to an aromatic ring is 1. The molecule has 164 valence electrons. The number of benzene rings is 2. The Balaban J connectivity index is 0. The largest absolute Gasteiger partial charge is 0.495 e. The van der Waals surface area contributed by atoms with Crippen LogP contribution in [0.25, 0.3) is 0 Å². The molecular formula is C21H25N4O4Pd-. The van der Waals surface area contributed by atoms with Gasteiger partial charge in [-0.05, 0) is 54.3 Å². The fourth-order valence-corrected chi connectivity index (χ4v) is 2.50. The molecule has 30 heavy (non-hydrogen) atoms. The predicted octanol–water partition coefficient (Wildman–Crippen LogP) is 4.08. The summed E-state index contributed by atoms with van der Waals surface area (Å²) in [4.78, 5) is 10.2. The summed E-state index contributed by atoms with van der Waals surface area (Å²) in [6.45, 7) is 3.67. The first kappa shape index (κ1) is 29.1. The average Bonchev–Trinajstić information content (AvgIpc) is 2.66. The topological polar surface area (TPSA) is 135 Å². The number of rotatable bonds is 5. The third-order valence-corrected chi connectivity index (χ3v) is 4.06. The van der Waals surface area contributed by atoms with Crippen LogP contribution in [0.2, 0.25) is 0 Å². The first-order valence-electron chi connectivity index (χ1n) is 8.27. The van der Waals surface area contributed by atoms with Gasteiger partial charge in [0.15, 0.2) is 5.75 Å². The number of hydrogen-bond donors (Lipinski definition) is 1. The van der Waals surface area contributed by atoms with Crippen LogP contribution in [0.15, 0.2) is 24.3 Å². The molecular weight excluding hydrogens is 479 g/mol. The van der Waals surface area contributed by atoms with Gasteiger partial charge >= 0.3 is 5.69 Å². The molecule has 2 aromatic carbocycles. The van der Waals surface area contributed by atoms with Crippen LogP contribution >= 0.6 is 0 Å². The van der Waals surface area contributed by atoms with Crippen molar-refractivity contribution in [3.63, 3.8) is 0 Å². The SMILES string of the molecule is COc1cc(CC#N)c(C)cc1N.COc1cc(CC#N)c(C)cc1[N+](=O)[O-].[CH3-].[Pd]. The number of anilines is 1. The van der Waals surface area contributed by atoms with Crippen LogP contribution in [0.4, 0.5) is 11.4 Å². The van der Waals surface area contributed by atoms with Crippen LogP contribution in [0.3, 0.4) is 0 Å². The minimum atomic E-state index is -0.498. The second-order valence-electron chi connectivity index (χ2n) is 5.90. The summed E-state index contributed by atoms with van der Waals surface area (Å²) in [5.74, 6) is 0.826. The van der Waals surface area contributed by atoms with E-state index in [1.54, 1.807) is 14.0 Å². The summed E-state index contributed by atoms with van der Waals surface area (Å²) in [6, 6.07) is 10.7. The number of nitrogens with zero attached hydrogens (tertiary/aromatic N) is 3. The number of nitro groups is 1. The van der Waals surface area contributed by atoms with Gasteiger partial charge in [0.05, 0.1) is 49.8 Å². The molecule has 2 N–H and O–H groups in total. The summed E-state index contributed by atoms with van der Waals surface area (Å²) in [6.07, 6.45) is 0.614. The molecule has 0 aliphatic carbocycles. The van der Waals surface area contributed by atoms with Gasteiger partial charge in [-0.3, -0.25) is 10.1 Å². The Labute approximate surface area is 191 Å². The van der Waals surface area contributed by atoms with Gasteiger partial charge in [-0.2, -0.15) is 10.5 Å². The molecule has 2 aromatic rings. The summed E-state index contributed by atoms with van der Waals surface area (Å²) in [7, 11) is 2.94. The number of ether oxygens (including phenoxy) is 2. The second-order valence-corrected chi connectivity index (χ2v) is 5.90. The Morgan fingerprint density at radius 2 is 1.40 bits per heavy atom. The van der Waals surface area contributed by atoms with Gasteiger partial charge in [0.25, 0.3) is 0 Å². The molecule has 0 aliphatic rings. The maximum atomic E-state index is 10.7. The standard InChI is InChI=1S/C10H10N2O3.C10H12N2O.CH3.Pd/c1-7-5-9(12(13)14)10(15-2)6-8(7)3-4-11;1-7-5-9(12)10(13-2)6-8(7)3-4-11;;/h5-6H,3H2,1-2H3;5-6H,3,12H2,1-2H3;1H3;/q;;-1;. The fourth-order valence-electron chi connectivity index (χ4n) is 2.50. The van der Waals surface area contributed by atoms with E-state index >= 15 is 0 Å². The molecule has 0 heterocycles. The summed E-state index contributed by atoms with van der Waals surface area (Å²) in [5.41, 5.74) is 9.70. The number of hydrogen-bond acceptors (Lipinski definition) is 7. The average molecular weight is 504 g/mol. The van der Waals surface area contributed by atoms with E-state index in [4.69, 9.17) is 25.7 Å². The van der Waals surface area contributed by atoms with Crippen molar-refractivity contribution >= 4 is 11.4 Å². The quantitative estimate of drug-likeness (QED) is 0.213. The molecule has 9 heteroatoms.